The zero-order chi connectivity index (χ0) is 10.7. The lowest BCUT2D eigenvalue weighted by molar-refractivity contribution is -0.386. The molecule has 0 N–H and O–H groups in total. The molecule has 0 spiro atoms. The third kappa shape index (κ3) is 1.64. The van der Waals surface area contributed by atoms with E-state index in [0.717, 1.165) is 0 Å². The summed E-state index contributed by atoms with van der Waals surface area (Å²) in [6.07, 6.45) is 1.15. The summed E-state index contributed by atoms with van der Waals surface area (Å²) in [5.74, 6) is 0. The average Bonchev–Trinajstić information content (AvgIpc) is 2.16. The number of nitro groups is 1. The van der Waals surface area contributed by atoms with E-state index >= 15 is 0 Å². The first-order chi connectivity index (χ1) is 6.61. The Kier molecular flexibility index (Phi) is 2.96. The van der Waals surface area contributed by atoms with Crippen LogP contribution in [0.15, 0.2) is 12.1 Å². The molecule has 0 bridgehead atoms. The first-order valence-corrected chi connectivity index (χ1v) is 4.33. The van der Waals surface area contributed by atoms with Gasteiger partial charge in [0.05, 0.1) is 4.92 Å². The lowest BCUT2D eigenvalue weighted by atomic mass is 10.0. The molecule has 0 unspecified atom stereocenters. The van der Waals surface area contributed by atoms with Gasteiger partial charge in [-0.25, -0.2) is 0 Å². The van der Waals surface area contributed by atoms with Crippen LogP contribution in [0.2, 0.25) is 0 Å². The topological polar surface area (TPSA) is 60.2 Å². The van der Waals surface area contributed by atoms with Crippen LogP contribution in [0, 0.1) is 17.0 Å². The molecule has 0 aliphatic rings. The Morgan fingerprint density at radius 3 is 2.57 bits per heavy atom. The molecule has 1 aromatic rings. The zero-order valence-corrected chi connectivity index (χ0v) is 8.11. The summed E-state index contributed by atoms with van der Waals surface area (Å²) in [4.78, 5) is 21.0. The number of aldehydes is 1. The van der Waals surface area contributed by atoms with Gasteiger partial charge in [0, 0.05) is 16.7 Å². The van der Waals surface area contributed by atoms with Crippen LogP contribution in [0.3, 0.4) is 0 Å². The Bertz CT molecular complexity index is 385. The van der Waals surface area contributed by atoms with Gasteiger partial charge >= 0.3 is 0 Å². The molecule has 14 heavy (non-hydrogen) atoms. The van der Waals surface area contributed by atoms with E-state index in [0.29, 0.717) is 29.4 Å². The molecule has 0 radical (unpaired) electrons. The molecule has 0 atom stereocenters. The molecule has 0 saturated heterocycles. The van der Waals surface area contributed by atoms with Crippen molar-refractivity contribution in [2.45, 2.75) is 20.3 Å². The first kappa shape index (κ1) is 10.4. The number of carbonyl (C=O) groups is 1. The maximum absolute atomic E-state index is 10.8. The summed E-state index contributed by atoms with van der Waals surface area (Å²) in [6.45, 7) is 3.47. The van der Waals surface area contributed by atoms with Crippen LogP contribution in [0.1, 0.15) is 28.4 Å². The van der Waals surface area contributed by atoms with Crippen molar-refractivity contribution < 1.29 is 9.72 Å². The van der Waals surface area contributed by atoms with Crippen LogP contribution in [0.4, 0.5) is 5.69 Å². The highest BCUT2D eigenvalue weighted by atomic mass is 16.6. The minimum absolute atomic E-state index is 0.0668. The monoisotopic (exact) mass is 193 g/mol. The first-order valence-electron chi connectivity index (χ1n) is 4.33. The Balaban J connectivity index is 3.50. The lowest BCUT2D eigenvalue weighted by Crippen LogP contribution is -2.01. The molecule has 4 nitrogen and oxygen atoms in total. The third-order valence-corrected chi connectivity index (χ3v) is 2.18. The lowest BCUT2D eigenvalue weighted by Gasteiger charge is -2.05. The van der Waals surface area contributed by atoms with E-state index in [9.17, 15) is 14.9 Å². The van der Waals surface area contributed by atoms with Gasteiger partial charge in [0.2, 0.25) is 0 Å². The van der Waals surface area contributed by atoms with Gasteiger partial charge in [-0.3, -0.25) is 14.9 Å². The second-order valence-electron chi connectivity index (χ2n) is 3.03. The fraction of sp³-hybridized carbons (Fsp3) is 0.300. The van der Waals surface area contributed by atoms with Gasteiger partial charge in [0.15, 0.2) is 6.29 Å². The standard InChI is InChI=1S/C10H11NO3/c1-3-9-8(6-12)5-4-7(2)10(9)11(13)14/h4-6H,3H2,1-2H3. The Hall–Kier alpha value is -1.71. The van der Waals surface area contributed by atoms with Crippen molar-refractivity contribution in [1.82, 2.24) is 0 Å². The van der Waals surface area contributed by atoms with Gasteiger partial charge in [-0.1, -0.05) is 19.1 Å². The fourth-order valence-corrected chi connectivity index (χ4v) is 1.51. The van der Waals surface area contributed by atoms with Crippen LogP contribution in [-0.2, 0) is 6.42 Å². The second kappa shape index (κ2) is 4.00. The smallest absolute Gasteiger partial charge is 0.276 e. The maximum Gasteiger partial charge on any atom is 0.276 e. The summed E-state index contributed by atoms with van der Waals surface area (Å²) < 4.78 is 0. The summed E-state index contributed by atoms with van der Waals surface area (Å²) in [5, 5.41) is 10.8. The number of hydrogen-bond donors (Lipinski definition) is 0. The SMILES string of the molecule is CCc1c(C=O)ccc(C)c1[N+](=O)[O-]. The molecule has 0 saturated carbocycles. The van der Waals surface area contributed by atoms with E-state index in [1.54, 1.807) is 26.0 Å². The number of aryl methyl sites for hydroxylation is 1. The highest BCUT2D eigenvalue weighted by Crippen LogP contribution is 2.26. The number of nitro benzene ring substituents is 1. The number of benzene rings is 1. The summed E-state index contributed by atoms with van der Waals surface area (Å²) in [5.41, 5.74) is 1.59. The van der Waals surface area contributed by atoms with Crippen LogP contribution < -0.4 is 0 Å². The van der Waals surface area contributed by atoms with Crippen molar-refractivity contribution >= 4 is 12.0 Å². The molecule has 4 heteroatoms. The minimum Gasteiger partial charge on any atom is -0.298 e. The van der Waals surface area contributed by atoms with E-state index in [2.05, 4.69) is 0 Å². The van der Waals surface area contributed by atoms with Crippen LogP contribution in [-0.4, -0.2) is 11.2 Å². The largest absolute Gasteiger partial charge is 0.298 e. The summed E-state index contributed by atoms with van der Waals surface area (Å²) in [7, 11) is 0. The number of nitrogens with zero attached hydrogens (tertiary/aromatic N) is 1. The van der Waals surface area contributed by atoms with E-state index < -0.39 is 4.92 Å². The van der Waals surface area contributed by atoms with Gasteiger partial charge in [-0.2, -0.15) is 0 Å². The number of hydrogen-bond acceptors (Lipinski definition) is 3. The van der Waals surface area contributed by atoms with Crippen molar-refractivity contribution in [2.75, 3.05) is 0 Å². The maximum atomic E-state index is 10.8. The predicted octanol–water partition coefficient (Wildman–Crippen LogP) is 2.28. The van der Waals surface area contributed by atoms with Gasteiger partial charge in [-0.15, -0.1) is 0 Å². The molecule has 0 aliphatic heterocycles. The fourth-order valence-electron chi connectivity index (χ4n) is 1.51. The van der Waals surface area contributed by atoms with E-state index in [1.807, 2.05) is 0 Å². The molecule has 0 heterocycles. The molecular formula is C10H11NO3. The van der Waals surface area contributed by atoms with E-state index in [-0.39, 0.29) is 5.69 Å². The van der Waals surface area contributed by atoms with E-state index in [1.165, 1.54) is 0 Å². The molecule has 1 rings (SSSR count). The Morgan fingerprint density at radius 2 is 2.14 bits per heavy atom. The van der Waals surface area contributed by atoms with Crippen LogP contribution >= 0.6 is 0 Å². The Labute approximate surface area is 81.7 Å². The van der Waals surface area contributed by atoms with Crippen LogP contribution in [0.25, 0.3) is 0 Å². The molecule has 0 fully saturated rings. The van der Waals surface area contributed by atoms with Crippen molar-refractivity contribution in [2.24, 2.45) is 0 Å². The molecule has 0 aliphatic carbocycles. The Morgan fingerprint density at radius 1 is 1.50 bits per heavy atom. The van der Waals surface area contributed by atoms with E-state index in [4.69, 9.17) is 0 Å². The summed E-state index contributed by atoms with van der Waals surface area (Å²) in [6, 6.07) is 3.22. The normalized spacial score (nSPS) is 9.86. The third-order valence-electron chi connectivity index (χ3n) is 2.18. The van der Waals surface area contributed by atoms with Crippen molar-refractivity contribution in [3.63, 3.8) is 0 Å². The minimum atomic E-state index is -0.429. The molecular weight excluding hydrogens is 182 g/mol. The average molecular weight is 193 g/mol. The number of rotatable bonds is 3. The van der Waals surface area contributed by atoms with Crippen molar-refractivity contribution in [3.05, 3.63) is 38.9 Å². The van der Waals surface area contributed by atoms with Crippen molar-refractivity contribution in [3.8, 4) is 0 Å². The highest BCUT2D eigenvalue weighted by Gasteiger charge is 2.18. The second-order valence-corrected chi connectivity index (χ2v) is 3.03. The molecule has 0 amide bonds. The number of carbonyl (C=O) groups excluding carboxylic acids is 1. The molecule has 74 valence electrons. The van der Waals surface area contributed by atoms with Gasteiger partial charge < -0.3 is 0 Å². The quantitative estimate of drug-likeness (QED) is 0.420. The summed E-state index contributed by atoms with van der Waals surface area (Å²) >= 11 is 0. The molecule has 1 aromatic carbocycles. The van der Waals surface area contributed by atoms with Crippen molar-refractivity contribution in [1.29, 1.82) is 0 Å². The van der Waals surface area contributed by atoms with Gasteiger partial charge in [0.1, 0.15) is 0 Å². The zero-order valence-electron chi connectivity index (χ0n) is 8.11. The van der Waals surface area contributed by atoms with Gasteiger partial charge in [0.25, 0.3) is 5.69 Å². The molecule has 0 aromatic heterocycles. The predicted molar refractivity (Wildman–Crippen MR) is 52.6 cm³/mol. The highest BCUT2D eigenvalue weighted by molar-refractivity contribution is 5.80. The van der Waals surface area contributed by atoms with Crippen LogP contribution in [0.5, 0.6) is 0 Å². The van der Waals surface area contributed by atoms with Gasteiger partial charge in [-0.05, 0) is 13.3 Å².